The average Bonchev–Trinajstić information content (AvgIpc) is 2.74. The summed E-state index contributed by atoms with van der Waals surface area (Å²) in [7, 11) is 1.59. The van der Waals surface area contributed by atoms with Gasteiger partial charge in [0.1, 0.15) is 5.75 Å². The molecule has 1 aromatic heterocycles. The minimum atomic E-state index is 0.572. The fourth-order valence-electron chi connectivity index (χ4n) is 1.41. The Hall–Kier alpha value is -0.700. The third-order valence-corrected chi connectivity index (χ3v) is 3.37. The van der Waals surface area contributed by atoms with Crippen LogP contribution >= 0.6 is 34.5 Å². The molecule has 1 heterocycles. The highest BCUT2D eigenvalue weighted by molar-refractivity contribution is 7.08. The van der Waals surface area contributed by atoms with Gasteiger partial charge in [-0.05, 0) is 34.5 Å². The molecule has 78 valence electrons. The lowest BCUT2D eigenvalue weighted by Gasteiger charge is -2.10. The summed E-state index contributed by atoms with van der Waals surface area (Å²) in [5, 5.41) is 5.23. The lowest BCUT2D eigenvalue weighted by atomic mass is 10.1. The van der Waals surface area contributed by atoms with Crippen LogP contribution in [0.3, 0.4) is 0 Å². The first-order valence-corrected chi connectivity index (χ1v) is 5.98. The predicted octanol–water partition coefficient (Wildman–Crippen LogP) is 4.73. The maximum absolute atomic E-state index is 6.14. The molecule has 0 fully saturated rings. The molecule has 0 amide bonds. The van der Waals surface area contributed by atoms with Crippen molar-refractivity contribution < 1.29 is 4.74 Å². The molecule has 15 heavy (non-hydrogen) atoms. The Morgan fingerprint density at radius 3 is 2.47 bits per heavy atom. The van der Waals surface area contributed by atoms with Gasteiger partial charge in [0.15, 0.2) is 0 Å². The van der Waals surface area contributed by atoms with Gasteiger partial charge in [0.05, 0.1) is 17.2 Å². The monoisotopic (exact) mass is 258 g/mol. The molecule has 0 aliphatic rings. The minimum absolute atomic E-state index is 0.572. The number of hydrogen-bond donors (Lipinski definition) is 0. The summed E-state index contributed by atoms with van der Waals surface area (Å²) in [6, 6.07) is 5.50. The Bertz CT molecular complexity index is 466. The topological polar surface area (TPSA) is 9.23 Å². The van der Waals surface area contributed by atoms with E-state index in [4.69, 9.17) is 27.9 Å². The van der Waals surface area contributed by atoms with Crippen molar-refractivity contribution in [2.75, 3.05) is 7.11 Å². The van der Waals surface area contributed by atoms with Gasteiger partial charge < -0.3 is 4.74 Å². The van der Waals surface area contributed by atoms with Crippen LogP contribution < -0.4 is 4.74 Å². The maximum Gasteiger partial charge on any atom is 0.146 e. The van der Waals surface area contributed by atoms with Crippen LogP contribution in [0, 0.1) is 0 Å². The number of methoxy groups -OCH3 is 1. The van der Waals surface area contributed by atoms with E-state index in [1.165, 1.54) is 0 Å². The molecule has 0 aliphatic heterocycles. The zero-order valence-corrected chi connectivity index (χ0v) is 10.3. The fourth-order valence-corrected chi connectivity index (χ4v) is 2.55. The molecule has 0 N–H and O–H groups in total. The van der Waals surface area contributed by atoms with Gasteiger partial charge in [-0.1, -0.05) is 23.2 Å². The van der Waals surface area contributed by atoms with Gasteiger partial charge in [-0.2, -0.15) is 11.3 Å². The molecule has 0 saturated heterocycles. The van der Waals surface area contributed by atoms with Gasteiger partial charge in [-0.3, -0.25) is 0 Å². The summed E-state index contributed by atoms with van der Waals surface area (Å²) in [4.78, 5) is 0. The van der Waals surface area contributed by atoms with Crippen LogP contribution in [0.15, 0.2) is 29.0 Å². The Morgan fingerprint density at radius 2 is 1.87 bits per heavy atom. The Morgan fingerprint density at radius 1 is 1.13 bits per heavy atom. The summed E-state index contributed by atoms with van der Waals surface area (Å²) in [6.07, 6.45) is 0. The largest absolute Gasteiger partial charge is 0.494 e. The van der Waals surface area contributed by atoms with E-state index in [0.717, 1.165) is 11.1 Å². The normalized spacial score (nSPS) is 10.3. The molecule has 1 aromatic carbocycles. The second-order valence-corrected chi connectivity index (χ2v) is 4.54. The first-order chi connectivity index (χ1) is 7.24. The highest BCUT2D eigenvalue weighted by Crippen LogP contribution is 2.41. The molecule has 1 nitrogen and oxygen atoms in total. The van der Waals surface area contributed by atoms with Crippen LogP contribution in [0.25, 0.3) is 11.1 Å². The average molecular weight is 259 g/mol. The van der Waals surface area contributed by atoms with Crippen molar-refractivity contribution in [3.63, 3.8) is 0 Å². The molecular weight excluding hydrogens is 251 g/mol. The summed E-state index contributed by atoms with van der Waals surface area (Å²) < 4.78 is 5.27. The van der Waals surface area contributed by atoms with Crippen LogP contribution in [0.2, 0.25) is 10.0 Å². The van der Waals surface area contributed by atoms with E-state index < -0.39 is 0 Å². The third-order valence-electron chi connectivity index (χ3n) is 2.07. The number of thiophene rings is 1. The van der Waals surface area contributed by atoms with Crippen LogP contribution in [0.4, 0.5) is 0 Å². The SMILES string of the molecule is COc1c(Cl)ccc(Cl)c1-c1ccsc1. The first-order valence-electron chi connectivity index (χ1n) is 4.28. The van der Waals surface area contributed by atoms with Crippen molar-refractivity contribution in [1.29, 1.82) is 0 Å². The van der Waals surface area contributed by atoms with E-state index in [9.17, 15) is 0 Å². The van der Waals surface area contributed by atoms with Crippen LogP contribution in [0.5, 0.6) is 5.75 Å². The van der Waals surface area contributed by atoms with Crippen molar-refractivity contribution in [1.82, 2.24) is 0 Å². The van der Waals surface area contributed by atoms with E-state index in [-0.39, 0.29) is 0 Å². The van der Waals surface area contributed by atoms with E-state index >= 15 is 0 Å². The zero-order chi connectivity index (χ0) is 10.8. The van der Waals surface area contributed by atoms with E-state index in [2.05, 4.69) is 0 Å². The summed E-state index contributed by atoms with van der Waals surface area (Å²) in [5.41, 5.74) is 1.89. The van der Waals surface area contributed by atoms with Crippen molar-refractivity contribution >= 4 is 34.5 Å². The highest BCUT2D eigenvalue weighted by Gasteiger charge is 2.13. The summed E-state index contributed by atoms with van der Waals surface area (Å²) in [6.45, 7) is 0. The van der Waals surface area contributed by atoms with Gasteiger partial charge in [-0.25, -0.2) is 0 Å². The summed E-state index contributed by atoms with van der Waals surface area (Å²) >= 11 is 13.8. The maximum atomic E-state index is 6.14. The molecule has 2 rings (SSSR count). The van der Waals surface area contributed by atoms with Crippen LogP contribution in [-0.4, -0.2) is 7.11 Å². The van der Waals surface area contributed by atoms with Crippen molar-refractivity contribution in [3.8, 4) is 16.9 Å². The van der Waals surface area contributed by atoms with Gasteiger partial charge in [0, 0.05) is 5.56 Å². The second kappa shape index (κ2) is 4.44. The standard InChI is InChI=1S/C11H8Cl2OS/c1-14-11-9(13)3-2-8(12)10(11)7-4-5-15-6-7/h2-6H,1H3. The second-order valence-electron chi connectivity index (χ2n) is 2.95. The van der Waals surface area contributed by atoms with Crippen LogP contribution in [-0.2, 0) is 0 Å². The molecule has 0 spiro atoms. The van der Waals surface area contributed by atoms with Gasteiger partial charge in [-0.15, -0.1) is 0 Å². The van der Waals surface area contributed by atoms with Gasteiger partial charge in [0.2, 0.25) is 0 Å². The number of ether oxygens (including phenoxy) is 1. The molecular formula is C11H8Cl2OS. The molecule has 2 aromatic rings. The van der Waals surface area contributed by atoms with Crippen molar-refractivity contribution in [2.45, 2.75) is 0 Å². The molecule has 0 saturated carbocycles. The van der Waals surface area contributed by atoms with E-state index in [1.54, 1.807) is 30.6 Å². The van der Waals surface area contributed by atoms with Crippen molar-refractivity contribution in [2.24, 2.45) is 0 Å². The first kappa shape index (κ1) is 10.8. The smallest absolute Gasteiger partial charge is 0.146 e. The molecule has 0 bridgehead atoms. The number of hydrogen-bond acceptors (Lipinski definition) is 2. The van der Waals surface area contributed by atoms with Crippen LogP contribution in [0.1, 0.15) is 0 Å². The number of halogens is 2. The molecule has 0 unspecified atom stereocenters. The molecule has 0 radical (unpaired) electrons. The lowest BCUT2D eigenvalue weighted by molar-refractivity contribution is 0.416. The quantitative estimate of drug-likeness (QED) is 0.757. The minimum Gasteiger partial charge on any atom is -0.494 e. The van der Waals surface area contributed by atoms with Gasteiger partial charge in [0.25, 0.3) is 0 Å². The molecule has 4 heteroatoms. The zero-order valence-electron chi connectivity index (χ0n) is 7.96. The predicted molar refractivity (Wildman–Crippen MR) is 66.3 cm³/mol. The molecule has 0 aliphatic carbocycles. The Kier molecular flexibility index (Phi) is 3.19. The Labute approximate surface area is 102 Å². The highest BCUT2D eigenvalue weighted by atomic mass is 35.5. The number of benzene rings is 1. The number of rotatable bonds is 2. The lowest BCUT2D eigenvalue weighted by Crippen LogP contribution is -1.89. The molecule has 0 atom stereocenters. The van der Waals surface area contributed by atoms with E-state index in [0.29, 0.717) is 15.8 Å². The fraction of sp³-hybridized carbons (Fsp3) is 0.0909. The summed E-state index contributed by atoms with van der Waals surface area (Å²) in [5.74, 6) is 0.627. The Balaban J connectivity index is 2.68. The van der Waals surface area contributed by atoms with E-state index in [1.807, 2.05) is 16.8 Å². The van der Waals surface area contributed by atoms with Crippen molar-refractivity contribution in [3.05, 3.63) is 39.0 Å². The van der Waals surface area contributed by atoms with Gasteiger partial charge >= 0.3 is 0 Å². The third kappa shape index (κ3) is 1.98.